The molecule has 0 aliphatic carbocycles. The second-order valence-electron chi connectivity index (χ2n) is 2.47. The molecule has 0 radical (unpaired) electrons. The number of thiazole rings is 1. The van der Waals surface area contributed by atoms with Crippen molar-refractivity contribution in [2.24, 2.45) is 0 Å². The Morgan fingerprint density at radius 2 is 1.76 bits per heavy atom. The predicted molar refractivity (Wildman–Crippen MR) is 70.7 cm³/mol. The van der Waals surface area contributed by atoms with Crippen LogP contribution < -0.4 is 5.73 Å². The summed E-state index contributed by atoms with van der Waals surface area (Å²) in [5, 5.41) is 3.86. The average Bonchev–Trinajstić information content (AvgIpc) is 3.09. The minimum absolute atomic E-state index is 0.322. The van der Waals surface area contributed by atoms with E-state index in [9.17, 15) is 0 Å². The molecule has 0 aliphatic heterocycles. The maximum absolute atomic E-state index is 5.14. The normalized spacial score (nSPS) is 8.24. The number of nitrogen functional groups attached to an aromatic ring is 1. The first-order valence-electron chi connectivity index (χ1n) is 4.58. The Labute approximate surface area is 107 Å². The third kappa shape index (κ3) is 8.00. The Morgan fingerprint density at radius 1 is 0.941 bits per heavy atom. The molecule has 0 bridgehead atoms. The van der Waals surface area contributed by atoms with Crippen LogP contribution in [0.2, 0.25) is 0 Å². The molecule has 0 unspecified atom stereocenters. The molecule has 0 saturated heterocycles. The van der Waals surface area contributed by atoms with Gasteiger partial charge in [-0.05, 0) is 23.7 Å². The van der Waals surface area contributed by atoms with Crippen LogP contribution >= 0.6 is 22.9 Å². The highest BCUT2D eigenvalue weighted by Crippen LogP contribution is 1.86. The van der Waals surface area contributed by atoms with Crippen LogP contribution in [0.5, 0.6) is 0 Å². The Morgan fingerprint density at radius 3 is 2.00 bits per heavy atom. The van der Waals surface area contributed by atoms with Crippen molar-refractivity contribution in [3.8, 4) is 0 Å². The van der Waals surface area contributed by atoms with E-state index >= 15 is 0 Å². The van der Waals surface area contributed by atoms with Crippen LogP contribution in [0.4, 0.5) is 5.95 Å². The van der Waals surface area contributed by atoms with Crippen molar-refractivity contribution < 1.29 is 0 Å². The van der Waals surface area contributed by atoms with E-state index in [4.69, 9.17) is 5.73 Å². The fourth-order valence-electron chi connectivity index (χ4n) is 0.662. The minimum atomic E-state index is 0.322. The van der Waals surface area contributed by atoms with Gasteiger partial charge in [0.15, 0.2) is 0 Å². The molecule has 3 heterocycles. The molecule has 17 heavy (non-hydrogen) atoms. The van der Waals surface area contributed by atoms with Gasteiger partial charge in [-0.15, -0.1) is 11.3 Å². The summed E-state index contributed by atoms with van der Waals surface area (Å²) < 4.78 is 3.76. The molecule has 3 rings (SSSR count). The molecule has 0 aliphatic rings. The van der Waals surface area contributed by atoms with Crippen LogP contribution in [0.3, 0.4) is 0 Å². The highest BCUT2D eigenvalue weighted by atomic mass is 32.1. The molecule has 3 aromatic heterocycles. The second kappa shape index (κ2) is 9.37. The van der Waals surface area contributed by atoms with Crippen molar-refractivity contribution >= 4 is 28.8 Å². The number of anilines is 1. The van der Waals surface area contributed by atoms with Crippen molar-refractivity contribution in [1.29, 1.82) is 0 Å². The molecule has 0 fully saturated rings. The predicted octanol–water partition coefficient (Wildman–Crippen LogP) is 2.34. The van der Waals surface area contributed by atoms with Gasteiger partial charge in [0, 0.05) is 35.5 Å². The molecule has 88 valence electrons. The molecule has 0 saturated carbocycles. The highest BCUT2D eigenvalue weighted by Gasteiger charge is 1.75. The first kappa shape index (κ1) is 13.2. The molecule has 0 amide bonds. The number of hydrogen-bond donors (Lipinski definition) is 1. The van der Waals surface area contributed by atoms with Crippen LogP contribution in [-0.4, -0.2) is 19.3 Å². The highest BCUT2D eigenvalue weighted by molar-refractivity contribution is 7.07. The first-order chi connectivity index (χ1) is 8.39. The van der Waals surface area contributed by atoms with Crippen LogP contribution in [0.1, 0.15) is 0 Å². The molecular weight excluding hydrogens is 254 g/mol. The summed E-state index contributed by atoms with van der Waals surface area (Å²) >= 11 is 3.06. The van der Waals surface area contributed by atoms with E-state index in [0.29, 0.717) is 5.95 Å². The monoisotopic (exact) mass is 265 g/mol. The van der Waals surface area contributed by atoms with Gasteiger partial charge in [-0.1, -0.05) is 0 Å². The summed E-state index contributed by atoms with van der Waals surface area (Å²) in [4.78, 5) is 11.0. The maximum atomic E-state index is 5.14. The van der Waals surface area contributed by atoms with Gasteiger partial charge in [-0.2, -0.15) is 0 Å². The summed E-state index contributed by atoms with van der Waals surface area (Å²) in [5.74, 6) is 0.322. The van der Waals surface area contributed by atoms with E-state index < -0.39 is 0 Å². The second-order valence-corrected chi connectivity index (χ2v) is 3.92. The molecule has 0 aromatic carbocycles. The number of nitrogens with two attached hydrogens (primary N) is 1. The van der Waals surface area contributed by atoms with E-state index in [2.05, 4.69) is 19.3 Å². The van der Waals surface area contributed by atoms with Crippen LogP contribution in [0.15, 0.2) is 53.2 Å². The lowest BCUT2D eigenvalue weighted by atomic mass is 10.7. The maximum Gasteiger partial charge on any atom is 0.219 e. The van der Waals surface area contributed by atoms with Crippen molar-refractivity contribution in [2.75, 3.05) is 5.73 Å². The third-order valence-electron chi connectivity index (χ3n) is 1.28. The van der Waals surface area contributed by atoms with Gasteiger partial charge in [-0.25, -0.2) is 14.3 Å². The zero-order valence-electron chi connectivity index (χ0n) is 8.88. The molecular formula is C10H11N5S2. The van der Waals surface area contributed by atoms with Crippen molar-refractivity contribution in [2.45, 2.75) is 0 Å². The van der Waals surface area contributed by atoms with Crippen molar-refractivity contribution in [3.63, 3.8) is 0 Å². The molecule has 5 nitrogen and oxygen atoms in total. The Bertz CT molecular complexity index is 380. The lowest BCUT2D eigenvalue weighted by molar-refractivity contribution is 1.19. The molecule has 0 spiro atoms. The Balaban J connectivity index is 0.000000130. The van der Waals surface area contributed by atoms with Gasteiger partial charge < -0.3 is 5.73 Å². The summed E-state index contributed by atoms with van der Waals surface area (Å²) in [5.41, 5.74) is 6.93. The summed E-state index contributed by atoms with van der Waals surface area (Å²) in [6.07, 6.45) is 6.74. The number of hydrogen-bond acceptors (Lipinski definition) is 7. The average molecular weight is 265 g/mol. The van der Waals surface area contributed by atoms with Gasteiger partial charge in [0.25, 0.3) is 0 Å². The lowest BCUT2D eigenvalue weighted by Gasteiger charge is -1.82. The number of nitrogens with zero attached hydrogens (tertiary/aromatic N) is 4. The topological polar surface area (TPSA) is 77.6 Å². The van der Waals surface area contributed by atoms with E-state index in [1.807, 2.05) is 16.8 Å². The van der Waals surface area contributed by atoms with Gasteiger partial charge in [0.1, 0.15) is 0 Å². The zero-order chi connectivity index (χ0) is 12.2. The SMILES string of the molecule is Nc1ncccn1.c1cnsc1.c1cscn1. The first-order valence-corrected chi connectivity index (χ1v) is 6.36. The van der Waals surface area contributed by atoms with Crippen LogP contribution in [0.25, 0.3) is 0 Å². The van der Waals surface area contributed by atoms with Gasteiger partial charge >= 0.3 is 0 Å². The van der Waals surface area contributed by atoms with E-state index in [1.54, 1.807) is 47.7 Å². The van der Waals surface area contributed by atoms with Crippen LogP contribution in [-0.2, 0) is 0 Å². The van der Waals surface area contributed by atoms with Gasteiger partial charge in [0.05, 0.1) is 5.51 Å². The lowest BCUT2D eigenvalue weighted by Crippen LogP contribution is -1.90. The standard InChI is InChI=1S/C4H5N3.2C3H3NS/c5-4-6-2-1-3-7-4;1-2-5-3-4-1;1-2-4-5-3-1/h1-3H,(H2,5,6,7);2*1-3H. The Hall–Kier alpha value is -1.86. The smallest absolute Gasteiger partial charge is 0.219 e. The number of rotatable bonds is 0. The fourth-order valence-corrected chi connectivity index (χ4v) is 1.36. The van der Waals surface area contributed by atoms with Gasteiger partial charge in [0.2, 0.25) is 5.95 Å². The van der Waals surface area contributed by atoms with Crippen molar-refractivity contribution in [1.82, 2.24) is 19.3 Å². The van der Waals surface area contributed by atoms with Crippen molar-refractivity contribution in [3.05, 3.63) is 53.2 Å². The fraction of sp³-hybridized carbons (Fsp3) is 0. The quantitative estimate of drug-likeness (QED) is 0.675. The van der Waals surface area contributed by atoms with Crippen LogP contribution in [0, 0.1) is 0 Å². The summed E-state index contributed by atoms with van der Waals surface area (Å²) in [6.45, 7) is 0. The van der Waals surface area contributed by atoms with E-state index in [0.717, 1.165) is 0 Å². The molecule has 3 aromatic rings. The molecule has 7 heteroatoms. The summed E-state index contributed by atoms with van der Waals surface area (Å²) in [7, 11) is 0. The zero-order valence-corrected chi connectivity index (χ0v) is 10.5. The van der Waals surface area contributed by atoms with E-state index in [1.165, 1.54) is 11.5 Å². The third-order valence-corrected chi connectivity index (χ3v) is 2.32. The summed E-state index contributed by atoms with van der Waals surface area (Å²) in [6, 6.07) is 3.63. The van der Waals surface area contributed by atoms with E-state index in [-0.39, 0.29) is 0 Å². The Kier molecular flexibility index (Phi) is 7.28. The molecule has 0 atom stereocenters. The largest absolute Gasteiger partial charge is 0.368 e. The van der Waals surface area contributed by atoms with Gasteiger partial charge in [-0.3, -0.25) is 4.98 Å². The molecule has 2 N–H and O–H groups in total. The number of aromatic nitrogens is 4. The minimum Gasteiger partial charge on any atom is -0.368 e.